The van der Waals surface area contributed by atoms with Crippen LogP contribution in [0.15, 0.2) is 36.5 Å². The number of nitrogens with one attached hydrogen (secondary N) is 1. The maximum Gasteiger partial charge on any atom is 0.223 e. The van der Waals surface area contributed by atoms with E-state index < -0.39 is 0 Å². The third kappa shape index (κ3) is 5.13. The molecule has 0 amide bonds. The van der Waals surface area contributed by atoms with E-state index in [0.717, 1.165) is 57.7 Å². The van der Waals surface area contributed by atoms with Gasteiger partial charge < -0.3 is 15.0 Å². The molecule has 33 heavy (non-hydrogen) atoms. The third-order valence-electron chi connectivity index (χ3n) is 6.86. The number of nitrogens with zero attached hydrogens (tertiary/aromatic N) is 4. The highest BCUT2D eigenvalue weighted by atomic mass is 32.1. The summed E-state index contributed by atoms with van der Waals surface area (Å²) in [7, 11) is 1.69. The summed E-state index contributed by atoms with van der Waals surface area (Å²) in [4.78, 5) is 18.1. The monoisotopic (exact) mass is 463 g/mol. The van der Waals surface area contributed by atoms with Crippen LogP contribution in [0.3, 0.4) is 0 Å². The lowest BCUT2D eigenvalue weighted by molar-refractivity contribution is 0.415. The van der Waals surface area contributed by atoms with Crippen molar-refractivity contribution in [3.05, 3.63) is 36.5 Å². The minimum atomic E-state index is 0.474. The predicted molar refractivity (Wildman–Crippen MR) is 136 cm³/mol. The molecule has 0 unspecified atom stereocenters. The number of hydrogen-bond donors (Lipinski definition) is 1. The van der Waals surface area contributed by atoms with Crippen LogP contribution >= 0.6 is 11.3 Å². The molecule has 2 aliphatic rings. The predicted octanol–water partition coefficient (Wildman–Crippen LogP) is 6.26. The molecular formula is C26H33N5OS. The van der Waals surface area contributed by atoms with Gasteiger partial charge >= 0.3 is 0 Å². The summed E-state index contributed by atoms with van der Waals surface area (Å²) in [6.45, 7) is 4.47. The van der Waals surface area contributed by atoms with Gasteiger partial charge in [-0.1, -0.05) is 37.5 Å². The van der Waals surface area contributed by atoms with Crippen molar-refractivity contribution in [3.8, 4) is 27.6 Å². The van der Waals surface area contributed by atoms with Gasteiger partial charge in [0.05, 0.1) is 23.4 Å². The molecule has 2 fully saturated rings. The summed E-state index contributed by atoms with van der Waals surface area (Å²) < 4.78 is 5.36. The van der Waals surface area contributed by atoms with Crippen molar-refractivity contribution in [2.75, 3.05) is 30.4 Å². The number of methoxy groups -OCH3 is 1. The second-order valence-corrected chi connectivity index (χ2v) is 10.3. The van der Waals surface area contributed by atoms with Crippen LogP contribution in [0.1, 0.15) is 51.9 Å². The lowest BCUT2D eigenvalue weighted by Gasteiger charge is -2.29. The highest BCUT2D eigenvalue weighted by Crippen LogP contribution is 2.41. The van der Waals surface area contributed by atoms with Gasteiger partial charge in [-0.25, -0.2) is 15.0 Å². The van der Waals surface area contributed by atoms with E-state index in [-0.39, 0.29) is 0 Å². The summed E-state index contributed by atoms with van der Waals surface area (Å²) in [6, 6.07) is 10.6. The largest absolute Gasteiger partial charge is 0.497 e. The topological polar surface area (TPSA) is 63.2 Å². The van der Waals surface area contributed by atoms with Crippen molar-refractivity contribution in [1.29, 1.82) is 0 Å². The first-order chi connectivity index (χ1) is 16.2. The van der Waals surface area contributed by atoms with Crippen molar-refractivity contribution in [2.24, 2.45) is 5.92 Å². The third-order valence-corrected chi connectivity index (χ3v) is 8.00. The summed E-state index contributed by atoms with van der Waals surface area (Å²) in [5.41, 5.74) is 3.00. The molecule has 1 saturated heterocycles. The SMILES string of the molecule is COc1ccc(-c2nc(N3CCC(C)CC3)sc2-c2ccnc(NC3CCCCC3)n2)cc1. The molecule has 0 spiro atoms. The lowest BCUT2D eigenvalue weighted by atomic mass is 9.96. The molecule has 0 atom stereocenters. The van der Waals surface area contributed by atoms with Crippen LogP contribution in [0.5, 0.6) is 5.75 Å². The van der Waals surface area contributed by atoms with Gasteiger partial charge in [0, 0.05) is 30.9 Å². The molecule has 1 N–H and O–H groups in total. The fourth-order valence-corrected chi connectivity index (χ4v) is 5.86. The van der Waals surface area contributed by atoms with E-state index in [1.165, 1.54) is 44.9 Å². The number of aromatic nitrogens is 3. The Balaban J connectivity index is 1.48. The number of hydrogen-bond acceptors (Lipinski definition) is 7. The van der Waals surface area contributed by atoms with Gasteiger partial charge in [0.25, 0.3) is 0 Å². The van der Waals surface area contributed by atoms with Crippen molar-refractivity contribution >= 4 is 22.4 Å². The Hall–Kier alpha value is -2.67. The Morgan fingerprint density at radius 1 is 0.970 bits per heavy atom. The number of benzene rings is 1. The fraction of sp³-hybridized carbons (Fsp3) is 0.500. The van der Waals surface area contributed by atoms with E-state index in [0.29, 0.717) is 6.04 Å². The average Bonchev–Trinajstić information content (AvgIpc) is 3.31. The zero-order valence-electron chi connectivity index (χ0n) is 19.6. The number of ether oxygens (including phenoxy) is 1. The Kier molecular flexibility index (Phi) is 6.76. The van der Waals surface area contributed by atoms with Crippen LogP contribution < -0.4 is 15.0 Å². The van der Waals surface area contributed by atoms with Crippen LogP contribution in [0.2, 0.25) is 0 Å². The highest BCUT2D eigenvalue weighted by molar-refractivity contribution is 7.19. The van der Waals surface area contributed by atoms with E-state index in [1.54, 1.807) is 18.4 Å². The van der Waals surface area contributed by atoms with Crippen molar-refractivity contribution in [3.63, 3.8) is 0 Å². The van der Waals surface area contributed by atoms with Gasteiger partial charge in [-0.15, -0.1) is 0 Å². The molecule has 3 heterocycles. The molecule has 1 aliphatic heterocycles. The number of anilines is 2. The zero-order chi connectivity index (χ0) is 22.6. The fourth-order valence-electron chi connectivity index (χ4n) is 4.75. The molecule has 1 saturated carbocycles. The molecule has 1 aromatic carbocycles. The number of thiazole rings is 1. The summed E-state index contributed by atoms with van der Waals surface area (Å²) >= 11 is 1.75. The number of rotatable bonds is 6. The Bertz CT molecular complexity index is 1050. The molecule has 2 aromatic heterocycles. The molecule has 174 valence electrons. The van der Waals surface area contributed by atoms with E-state index >= 15 is 0 Å². The molecular weight excluding hydrogens is 430 g/mol. The van der Waals surface area contributed by atoms with Crippen molar-refractivity contribution in [1.82, 2.24) is 15.0 Å². The van der Waals surface area contributed by atoms with Crippen molar-refractivity contribution < 1.29 is 4.74 Å². The smallest absolute Gasteiger partial charge is 0.223 e. The minimum Gasteiger partial charge on any atom is -0.497 e. The average molecular weight is 464 g/mol. The molecule has 0 radical (unpaired) electrons. The van der Waals surface area contributed by atoms with Crippen molar-refractivity contribution in [2.45, 2.75) is 57.9 Å². The quantitative estimate of drug-likeness (QED) is 0.466. The molecule has 5 rings (SSSR count). The maximum absolute atomic E-state index is 5.36. The highest BCUT2D eigenvalue weighted by Gasteiger charge is 2.23. The van der Waals surface area contributed by atoms with E-state index in [2.05, 4.69) is 34.3 Å². The van der Waals surface area contributed by atoms with Gasteiger partial charge in [0.1, 0.15) is 5.75 Å². The van der Waals surface area contributed by atoms with Crippen LogP contribution in [-0.4, -0.2) is 41.2 Å². The van der Waals surface area contributed by atoms with Crippen LogP contribution in [0, 0.1) is 5.92 Å². The molecule has 1 aliphatic carbocycles. The van der Waals surface area contributed by atoms with Gasteiger partial charge in [-0.05, 0) is 61.9 Å². The van der Waals surface area contributed by atoms with E-state index in [9.17, 15) is 0 Å². The first-order valence-corrected chi connectivity index (χ1v) is 13.0. The van der Waals surface area contributed by atoms with Gasteiger partial charge in [0.15, 0.2) is 5.13 Å². The second kappa shape index (κ2) is 10.1. The van der Waals surface area contributed by atoms with Gasteiger partial charge in [-0.2, -0.15) is 0 Å². The standard InChI is InChI=1S/C26H33N5OS/c1-18-13-16-31(17-14-18)26-30-23(19-8-10-21(32-2)11-9-19)24(33-26)22-12-15-27-25(29-22)28-20-6-4-3-5-7-20/h8-12,15,18,20H,3-7,13-14,16-17H2,1-2H3,(H,27,28,29). The molecule has 7 heteroatoms. The van der Waals surface area contributed by atoms with Crippen LogP contribution in [0.25, 0.3) is 21.8 Å². The van der Waals surface area contributed by atoms with E-state index in [4.69, 9.17) is 14.7 Å². The Labute approximate surface area is 200 Å². The molecule has 0 bridgehead atoms. The lowest BCUT2D eigenvalue weighted by Crippen LogP contribution is -2.32. The normalized spacial score (nSPS) is 17.8. The summed E-state index contributed by atoms with van der Waals surface area (Å²) in [5, 5.41) is 4.66. The second-order valence-electron chi connectivity index (χ2n) is 9.32. The minimum absolute atomic E-state index is 0.474. The van der Waals surface area contributed by atoms with Crippen LogP contribution in [0.4, 0.5) is 11.1 Å². The van der Waals surface area contributed by atoms with Gasteiger partial charge in [-0.3, -0.25) is 0 Å². The first-order valence-electron chi connectivity index (χ1n) is 12.2. The molecule has 6 nitrogen and oxygen atoms in total. The zero-order valence-corrected chi connectivity index (χ0v) is 20.4. The number of piperidine rings is 1. The van der Waals surface area contributed by atoms with E-state index in [1.807, 2.05) is 24.4 Å². The maximum atomic E-state index is 5.36. The summed E-state index contributed by atoms with van der Waals surface area (Å²) in [5.74, 6) is 2.36. The first kappa shape index (κ1) is 22.1. The Morgan fingerprint density at radius 2 is 1.73 bits per heavy atom. The molecule has 3 aromatic rings. The summed E-state index contributed by atoms with van der Waals surface area (Å²) in [6.07, 6.45) is 10.6. The Morgan fingerprint density at radius 3 is 2.45 bits per heavy atom. The van der Waals surface area contributed by atoms with Gasteiger partial charge in [0.2, 0.25) is 5.95 Å². The van der Waals surface area contributed by atoms with Crippen LogP contribution in [-0.2, 0) is 0 Å².